The summed E-state index contributed by atoms with van der Waals surface area (Å²) in [7, 11) is 0. The molecule has 0 atom stereocenters. The monoisotopic (exact) mass is 340 g/mol. The van der Waals surface area contributed by atoms with Crippen LogP contribution in [0.25, 0.3) is 11.1 Å². The van der Waals surface area contributed by atoms with Gasteiger partial charge in [0.1, 0.15) is 6.61 Å². The fourth-order valence-corrected chi connectivity index (χ4v) is 2.51. The average Bonchev–Trinajstić information content (AvgIpc) is 2.60. The van der Waals surface area contributed by atoms with E-state index in [9.17, 15) is 0 Å². The van der Waals surface area contributed by atoms with Crippen LogP contribution in [-0.2, 0) is 13.2 Å². The Hall–Kier alpha value is -2.36. The van der Waals surface area contributed by atoms with Gasteiger partial charge in [-0.05, 0) is 35.7 Å². The molecule has 0 aliphatic rings. The minimum Gasteiger partial charge on any atom is -0.473 e. The molecule has 0 aliphatic heterocycles. The molecule has 1 heterocycles. The van der Waals surface area contributed by atoms with Gasteiger partial charge in [0, 0.05) is 24.4 Å². The highest BCUT2D eigenvalue weighted by Crippen LogP contribution is 2.23. The Kier molecular flexibility index (Phi) is 6.36. The highest BCUT2D eigenvalue weighted by Gasteiger charge is 2.03. The van der Waals surface area contributed by atoms with Crippen molar-refractivity contribution >= 4 is 12.4 Å². The maximum atomic E-state index is 5.75. The van der Waals surface area contributed by atoms with Gasteiger partial charge < -0.3 is 10.5 Å². The summed E-state index contributed by atoms with van der Waals surface area (Å²) in [5.41, 5.74) is 11.4. The smallest absolute Gasteiger partial charge is 0.213 e. The van der Waals surface area contributed by atoms with Crippen molar-refractivity contribution in [1.29, 1.82) is 0 Å². The van der Waals surface area contributed by atoms with Gasteiger partial charge in [-0.15, -0.1) is 12.4 Å². The number of rotatable bonds is 5. The second-order valence-electron chi connectivity index (χ2n) is 5.57. The van der Waals surface area contributed by atoms with E-state index in [1.54, 1.807) is 0 Å². The van der Waals surface area contributed by atoms with Crippen molar-refractivity contribution in [3.63, 3.8) is 0 Å². The van der Waals surface area contributed by atoms with E-state index in [4.69, 9.17) is 10.5 Å². The lowest BCUT2D eigenvalue weighted by atomic mass is 10.0. The number of ether oxygens (including phenoxy) is 1. The number of nitrogens with two attached hydrogens (primary N) is 1. The van der Waals surface area contributed by atoms with E-state index >= 15 is 0 Å². The molecule has 0 aliphatic carbocycles. The summed E-state index contributed by atoms with van der Waals surface area (Å²) in [4.78, 5) is 4.40. The quantitative estimate of drug-likeness (QED) is 0.743. The molecule has 0 amide bonds. The molecule has 3 rings (SSSR count). The van der Waals surface area contributed by atoms with E-state index in [0.717, 1.165) is 22.3 Å². The summed E-state index contributed by atoms with van der Waals surface area (Å²) < 4.78 is 5.72. The van der Waals surface area contributed by atoms with Crippen LogP contribution in [0.5, 0.6) is 5.88 Å². The van der Waals surface area contributed by atoms with Gasteiger partial charge in [0.2, 0.25) is 5.88 Å². The largest absolute Gasteiger partial charge is 0.473 e. The van der Waals surface area contributed by atoms with Crippen molar-refractivity contribution in [3.8, 4) is 17.0 Å². The molecule has 2 N–H and O–H groups in total. The third-order valence-electron chi connectivity index (χ3n) is 3.67. The number of hydrogen-bond acceptors (Lipinski definition) is 3. The van der Waals surface area contributed by atoms with Gasteiger partial charge in [-0.25, -0.2) is 4.98 Å². The van der Waals surface area contributed by atoms with Gasteiger partial charge in [0.05, 0.1) is 0 Å². The van der Waals surface area contributed by atoms with E-state index in [2.05, 4.69) is 30.1 Å². The molecule has 24 heavy (non-hydrogen) atoms. The fourth-order valence-electron chi connectivity index (χ4n) is 2.51. The van der Waals surface area contributed by atoms with E-state index in [-0.39, 0.29) is 12.4 Å². The standard InChI is InChI=1S/C20H20N2O.ClH/c1-15-9-17(12-21)11-19(10-15)18-7-8-20(22-13-18)23-14-16-5-3-2-4-6-16;/h2-11,13H,12,14,21H2,1H3;1H. The van der Waals surface area contributed by atoms with Crippen LogP contribution in [0.15, 0.2) is 66.9 Å². The summed E-state index contributed by atoms with van der Waals surface area (Å²) in [6, 6.07) is 20.4. The predicted molar refractivity (Wildman–Crippen MR) is 100 cm³/mol. The first-order valence-corrected chi connectivity index (χ1v) is 7.68. The third-order valence-corrected chi connectivity index (χ3v) is 3.67. The summed E-state index contributed by atoms with van der Waals surface area (Å²) in [5.74, 6) is 0.629. The Bertz CT molecular complexity index is 773. The second-order valence-corrected chi connectivity index (χ2v) is 5.57. The van der Waals surface area contributed by atoms with Crippen molar-refractivity contribution in [3.05, 3.63) is 83.6 Å². The molecule has 0 unspecified atom stereocenters. The zero-order valence-electron chi connectivity index (χ0n) is 13.6. The van der Waals surface area contributed by atoms with E-state index < -0.39 is 0 Å². The molecular weight excluding hydrogens is 320 g/mol. The van der Waals surface area contributed by atoms with Crippen LogP contribution in [0.3, 0.4) is 0 Å². The molecule has 0 bridgehead atoms. The van der Waals surface area contributed by atoms with Gasteiger partial charge in [-0.3, -0.25) is 0 Å². The first kappa shape index (κ1) is 18.0. The van der Waals surface area contributed by atoms with Gasteiger partial charge >= 0.3 is 0 Å². The Morgan fingerprint density at radius 1 is 0.917 bits per heavy atom. The average molecular weight is 341 g/mol. The Morgan fingerprint density at radius 3 is 2.38 bits per heavy atom. The molecule has 2 aromatic carbocycles. The van der Waals surface area contributed by atoms with Crippen LogP contribution >= 0.6 is 12.4 Å². The maximum absolute atomic E-state index is 5.75. The van der Waals surface area contributed by atoms with Gasteiger partial charge in [-0.2, -0.15) is 0 Å². The van der Waals surface area contributed by atoms with Crippen LogP contribution in [-0.4, -0.2) is 4.98 Å². The zero-order valence-corrected chi connectivity index (χ0v) is 14.4. The van der Waals surface area contributed by atoms with Crippen molar-refractivity contribution in [2.45, 2.75) is 20.1 Å². The number of aryl methyl sites for hydroxylation is 1. The lowest BCUT2D eigenvalue weighted by Crippen LogP contribution is -1.98. The molecule has 4 heteroatoms. The van der Waals surface area contributed by atoms with E-state index in [0.29, 0.717) is 19.0 Å². The number of aromatic nitrogens is 1. The summed E-state index contributed by atoms with van der Waals surface area (Å²) in [5, 5.41) is 0. The first-order valence-electron chi connectivity index (χ1n) is 7.68. The molecule has 0 radical (unpaired) electrons. The fraction of sp³-hybridized carbons (Fsp3) is 0.150. The lowest BCUT2D eigenvalue weighted by molar-refractivity contribution is 0.294. The molecular formula is C20H21ClN2O. The van der Waals surface area contributed by atoms with Crippen LogP contribution < -0.4 is 10.5 Å². The minimum atomic E-state index is 0. The molecule has 0 spiro atoms. The molecule has 0 saturated heterocycles. The normalized spacial score (nSPS) is 10.1. The topological polar surface area (TPSA) is 48.1 Å². The molecule has 124 valence electrons. The third kappa shape index (κ3) is 4.57. The number of nitrogens with zero attached hydrogens (tertiary/aromatic N) is 1. The summed E-state index contributed by atoms with van der Waals surface area (Å²) in [6.45, 7) is 3.14. The van der Waals surface area contributed by atoms with E-state index in [1.165, 1.54) is 5.56 Å². The molecule has 0 fully saturated rings. The number of pyridine rings is 1. The molecule has 3 aromatic rings. The minimum absolute atomic E-state index is 0. The number of hydrogen-bond donors (Lipinski definition) is 1. The predicted octanol–water partition coefficient (Wildman–Crippen LogP) is 4.52. The van der Waals surface area contributed by atoms with Gasteiger partial charge in [0.25, 0.3) is 0 Å². The SMILES string of the molecule is Cc1cc(CN)cc(-c2ccc(OCc3ccccc3)nc2)c1.Cl. The Labute approximate surface area is 148 Å². The lowest BCUT2D eigenvalue weighted by Gasteiger charge is -2.08. The number of benzene rings is 2. The number of halogens is 1. The Balaban J connectivity index is 0.00000208. The maximum Gasteiger partial charge on any atom is 0.213 e. The van der Waals surface area contributed by atoms with E-state index in [1.807, 2.05) is 48.7 Å². The first-order chi connectivity index (χ1) is 11.2. The highest BCUT2D eigenvalue weighted by atomic mass is 35.5. The van der Waals surface area contributed by atoms with Crippen molar-refractivity contribution in [2.24, 2.45) is 5.73 Å². The molecule has 0 saturated carbocycles. The highest BCUT2D eigenvalue weighted by molar-refractivity contribution is 5.85. The van der Waals surface area contributed by atoms with Crippen molar-refractivity contribution in [1.82, 2.24) is 4.98 Å². The summed E-state index contributed by atoms with van der Waals surface area (Å²) in [6.07, 6.45) is 1.84. The van der Waals surface area contributed by atoms with Crippen LogP contribution in [0, 0.1) is 6.92 Å². The molecule has 1 aromatic heterocycles. The zero-order chi connectivity index (χ0) is 16.1. The molecule has 3 nitrogen and oxygen atoms in total. The summed E-state index contributed by atoms with van der Waals surface area (Å²) >= 11 is 0. The van der Waals surface area contributed by atoms with Crippen molar-refractivity contribution in [2.75, 3.05) is 0 Å². The van der Waals surface area contributed by atoms with Gasteiger partial charge in [0.15, 0.2) is 0 Å². The van der Waals surface area contributed by atoms with Crippen LogP contribution in [0.2, 0.25) is 0 Å². The van der Waals surface area contributed by atoms with Crippen molar-refractivity contribution < 1.29 is 4.74 Å². The van der Waals surface area contributed by atoms with Gasteiger partial charge in [-0.1, -0.05) is 48.0 Å². The van der Waals surface area contributed by atoms with Crippen LogP contribution in [0.1, 0.15) is 16.7 Å². The second kappa shape index (κ2) is 8.48. The van der Waals surface area contributed by atoms with Crippen LogP contribution in [0.4, 0.5) is 0 Å². The Morgan fingerprint density at radius 2 is 1.71 bits per heavy atom.